The fraction of sp³-hybridized carbons (Fsp3) is 0.0769. The predicted octanol–water partition coefficient (Wildman–Crippen LogP) is 2.75. The molecule has 0 radical (unpaired) electrons. The van der Waals surface area contributed by atoms with Crippen molar-refractivity contribution in [2.75, 3.05) is 11.1 Å². The molecule has 3 rings (SSSR count). The second-order valence-electron chi connectivity index (χ2n) is 4.50. The van der Waals surface area contributed by atoms with Crippen LogP contribution in [0.25, 0.3) is 11.0 Å². The van der Waals surface area contributed by atoms with E-state index < -0.39 is 0 Å². The van der Waals surface area contributed by atoms with E-state index in [9.17, 15) is 4.79 Å². The highest BCUT2D eigenvalue weighted by Crippen LogP contribution is 2.23. The van der Waals surface area contributed by atoms with E-state index in [1.807, 2.05) is 0 Å². The molecule has 0 aliphatic rings. The minimum absolute atomic E-state index is 0.0792. The molecule has 5 N–H and O–H groups in total. The van der Waals surface area contributed by atoms with Gasteiger partial charge in [-0.3, -0.25) is 9.78 Å². The molecule has 3 aromatic rings. The largest absolute Gasteiger partial charge is 0.381 e. The monoisotopic (exact) mass is 323 g/mol. The third kappa shape index (κ3) is 2.81. The van der Waals surface area contributed by atoms with Gasteiger partial charge in [-0.25, -0.2) is 0 Å². The number of nitrogens with two attached hydrogens (primary N) is 1. The molecule has 2 aromatic heterocycles. The first kappa shape index (κ1) is 13.8. The van der Waals surface area contributed by atoms with Gasteiger partial charge in [0.25, 0.3) is 5.56 Å². The summed E-state index contributed by atoms with van der Waals surface area (Å²) in [5.74, 6) is 0.0792. The average molecular weight is 324 g/mol. The molecule has 0 amide bonds. The van der Waals surface area contributed by atoms with Gasteiger partial charge in [-0.15, -0.1) is 0 Å². The van der Waals surface area contributed by atoms with Crippen molar-refractivity contribution in [3.05, 3.63) is 50.4 Å². The third-order valence-electron chi connectivity index (χ3n) is 2.99. The summed E-state index contributed by atoms with van der Waals surface area (Å²) in [4.78, 5) is 21.4. The van der Waals surface area contributed by atoms with Crippen LogP contribution in [0.3, 0.4) is 0 Å². The predicted molar refractivity (Wildman–Crippen MR) is 84.9 cm³/mol. The quantitative estimate of drug-likeness (QED) is 0.595. The van der Waals surface area contributed by atoms with Crippen LogP contribution in [0, 0.1) is 0 Å². The highest BCUT2D eigenvalue weighted by Gasteiger charge is 2.10. The Kier molecular flexibility index (Phi) is 3.48. The van der Waals surface area contributed by atoms with E-state index >= 15 is 0 Å². The molecular weight excluding hydrogens is 313 g/mol. The number of fused-ring (bicyclic) bond motifs is 1. The van der Waals surface area contributed by atoms with Gasteiger partial charge in [-0.1, -0.05) is 23.2 Å². The number of hydrogen-bond acceptors (Lipinski definition) is 4. The van der Waals surface area contributed by atoms with Gasteiger partial charge in [0.2, 0.25) is 5.95 Å². The van der Waals surface area contributed by atoms with Gasteiger partial charge < -0.3 is 16.0 Å². The van der Waals surface area contributed by atoms with Crippen LogP contribution in [0.5, 0.6) is 0 Å². The van der Waals surface area contributed by atoms with E-state index in [4.69, 9.17) is 28.9 Å². The number of halogens is 2. The Morgan fingerprint density at radius 1 is 1.24 bits per heavy atom. The molecule has 2 heterocycles. The first-order valence-electron chi connectivity index (χ1n) is 6.08. The lowest BCUT2D eigenvalue weighted by atomic mass is 10.2. The Bertz CT molecular complexity index is 850. The van der Waals surface area contributed by atoms with Crippen molar-refractivity contribution >= 4 is 45.9 Å². The minimum atomic E-state index is -0.278. The van der Waals surface area contributed by atoms with Gasteiger partial charge in [0.05, 0.1) is 5.39 Å². The fourth-order valence-corrected chi connectivity index (χ4v) is 2.64. The van der Waals surface area contributed by atoms with Gasteiger partial charge in [0.1, 0.15) is 5.65 Å². The molecule has 6 nitrogen and oxygen atoms in total. The van der Waals surface area contributed by atoms with Crippen molar-refractivity contribution in [1.82, 2.24) is 15.0 Å². The molecule has 0 saturated carbocycles. The Balaban J connectivity index is 1.90. The fourth-order valence-electron chi connectivity index (χ4n) is 2.11. The molecule has 0 fully saturated rings. The molecule has 0 saturated heterocycles. The van der Waals surface area contributed by atoms with Gasteiger partial charge in [0, 0.05) is 34.0 Å². The maximum absolute atomic E-state index is 11.9. The van der Waals surface area contributed by atoms with Crippen LogP contribution in [0.4, 0.5) is 11.6 Å². The summed E-state index contributed by atoms with van der Waals surface area (Å²) in [7, 11) is 0. The third-order valence-corrected chi connectivity index (χ3v) is 3.42. The number of aromatic nitrogens is 3. The molecule has 0 atom stereocenters. The number of anilines is 2. The second kappa shape index (κ2) is 5.31. The van der Waals surface area contributed by atoms with E-state index in [1.165, 1.54) is 0 Å². The van der Waals surface area contributed by atoms with E-state index in [1.54, 1.807) is 24.4 Å². The minimum Gasteiger partial charge on any atom is -0.381 e. The van der Waals surface area contributed by atoms with Gasteiger partial charge in [-0.05, 0) is 18.2 Å². The lowest BCUT2D eigenvalue weighted by Crippen LogP contribution is -2.12. The van der Waals surface area contributed by atoms with E-state index in [-0.39, 0.29) is 11.5 Å². The van der Waals surface area contributed by atoms with E-state index in [0.29, 0.717) is 27.6 Å². The number of nitrogen functional groups attached to an aromatic ring is 1. The molecular formula is C13H11Cl2N5O. The van der Waals surface area contributed by atoms with Gasteiger partial charge in [-0.2, -0.15) is 4.98 Å². The molecule has 8 heteroatoms. The van der Waals surface area contributed by atoms with Crippen LogP contribution < -0.4 is 16.6 Å². The van der Waals surface area contributed by atoms with Crippen LogP contribution >= 0.6 is 23.2 Å². The summed E-state index contributed by atoms with van der Waals surface area (Å²) in [6.07, 6.45) is 1.71. The molecule has 0 aliphatic heterocycles. The zero-order chi connectivity index (χ0) is 15.0. The first-order valence-corrected chi connectivity index (χ1v) is 6.84. The summed E-state index contributed by atoms with van der Waals surface area (Å²) in [5, 5.41) is 4.72. The van der Waals surface area contributed by atoms with Crippen LogP contribution in [-0.2, 0) is 6.54 Å². The van der Waals surface area contributed by atoms with E-state index in [0.717, 1.165) is 11.3 Å². The average Bonchev–Trinajstić information content (AvgIpc) is 2.78. The molecule has 0 bridgehead atoms. The Hall–Kier alpha value is -2.18. The lowest BCUT2D eigenvalue weighted by Gasteiger charge is -2.06. The highest BCUT2D eigenvalue weighted by molar-refractivity contribution is 6.35. The van der Waals surface area contributed by atoms with Crippen molar-refractivity contribution in [2.45, 2.75) is 6.54 Å². The zero-order valence-electron chi connectivity index (χ0n) is 10.7. The van der Waals surface area contributed by atoms with Crippen molar-refractivity contribution in [3.63, 3.8) is 0 Å². The summed E-state index contributed by atoms with van der Waals surface area (Å²) in [6, 6.07) is 5.16. The highest BCUT2D eigenvalue weighted by atomic mass is 35.5. The maximum atomic E-state index is 11.9. The number of nitrogens with one attached hydrogen (secondary N) is 3. The van der Waals surface area contributed by atoms with Crippen molar-refractivity contribution in [2.24, 2.45) is 0 Å². The Labute approximate surface area is 129 Å². The van der Waals surface area contributed by atoms with Crippen molar-refractivity contribution in [1.29, 1.82) is 0 Å². The number of H-pyrrole nitrogens is 2. The summed E-state index contributed by atoms with van der Waals surface area (Å²) in [5.41, 5.74) is 7.22. The van der Waals surface area contributed by atoms with Gasteiger partial charge in [0.15, 0.2) is 0 Å². The standard InChI is InChI=1S/C13H11Cl2N5O/c14-7-1-8(15)3-9(2-7)17-4-6-5-18-11-10(6)12(21)20-13(16)19-11/h1-3,5,17H,4H2,(H4,16,18,19,20,21). The Morgan fingerprint density at radius 2 is 1.95 bits per heavy atom. The number of hydrogen-bond donors (Lipinski definition) is 4. The lowest BCUT2D eigenvalue weighted by molar-refractivity contribution is 1.15. The van der Waals surface area contributed by atoms with Crippen molar-refractivity contribution < 1.29 is 0 Å². The summed E-state index contributed by atoms with van der Waals surface area (Å²) in [6.45, 7) is 0.422. The number of nitrogens with zero attached hydrogens (tertiary/aromatic N) is 1. The molecule has 21 heavy (non-hydrogen) atoms. The zero-order valence-corrected chi connectivity index (χ0v) is 12.2. The number of benzene rings is 1. The maximum Gasteiger partial charge on any atom is 0.262 e. The van der Waals surface area contributed by atoms with Gasteiger partial charge >= 0.3 is 0 Å². The second-order valence-corrected chi connectivity index (χ2v) is 5.37. The molecule has 0 unspecified atom stereocenters. The molecule has 0 spiro atoms. The Morgan fingerprint density at radius 3 is 2.67 bits per heavy atom. The molecule has 1 aromatic carbocycles. The van der Waals surface area contributed by atoms with Crippen LogP contribution in [0.15, 0.2) is 29.2 Å². The van der Waals surface area contributed by atoms with Crippen molar-refractivity contribution in [3.8, 4) is 0 Å². The molecule has 108 valence electrons. The van der Waals surface area contributed by atoms with Crippen LogP contribution in [0.2, 0.25) is 10.0 Å². The summed E-state index contributed by atoms with van der Waals surface area (Å²) < 4.78 is 0. The van der Waals surface area contributed by atoms with Crippen LogP contribution in [-0.4, -0.2) is 15.0 Å². The topological polar surface area (TPSA) is 99.6 Å². The smallest absolute Gasteiger partial charge is 0.262 e. The normalized spacial score (nSPS) is 11.0. The van der Waals surface area contributed by atoms with Crippen LogP contribution in [0.1, 0.15) is 5.56 Å². The number of rotatable bonds is 3. The SMILES string of the molecule is Nc1nc2[nH]cc(CNc3cc(Cl)cc(Cl)c3)c2c(=O)[nH]1. The van der Waals surface area contributed by atoms with E-state index in [2.05, 4.69) is 20.3 Å². The molecule has 0 aliphatic carbocycles. The first-order chi connectivity index (χ1) is 10.0. The summed E-state index contributed by atoms with van der Waals surface area (Å²) >= 11 is 11.9. The number of aromatic amines is 2.